The normalized spacial score (nSPS) is 10.3. The van der Waals surface area contributed by atoms with Gasteiger partial charge in [0.1, 0.15) is 5.75 Å². The Balaban J connectivity index is 1.85. The van der Waals surface area contributed by atoms with E-state index < -0.39 is 4.92 Å². The number of hydrogen-bond donors (Lipinski definition) is 0. The van der Waals surface area contributed by atoms with Gasteiger partial charge in [-0.3, -0.25) is 14.9 Å². The number of rotatable bonds is 6. The molecule has 120 valence electrons. The van der Waals surface area contributed by atoms with E-state index in [1.165, 1.54) is 35.5 Å². The Kier molecular flexibility index (Phi) is 5.76. The van der Waals surface area contributed by atoms with Crippen molar-refractivity contribution in [3.63, 3.8) is 0 Å². The van der Waals surface area contributed by atoms with E-state index in [9.17, 15) is 14.9 Å². The fourth-order valence-corrected chi connectivity index (χ4v) is 2.85. The second kappa shape index (κ2) is 7.78. The first-order valence-corrected chi connectivity index (χ1v) is 8.20. The number of thioether (sulfide) groups is 1. The van der Waals surface area contributed by atoms with Crippen LogP contribution >= 0.6 is 11.8 Å². The minimum atomic E-state index is -0.460. The molecule has 0 fully saturated rings. The van der Waals surface area contributed by atoms with Crippen molar-refractivity contribution in [2.24, 2.45) is 0 Å². The molecule has 0 aliphatic rings. The monoisotopic (exact) mass is 331 g/mol. The second-order valence-electron chi connectivity index (χ2n) is 5.16. The zero-order chi connectivity index (χ0) is 16.8. The van der Waals surface area contributed by atoms with Crippen LogP contribution in [0.15, 0.2) is 42.5 Å². The molecule has 5 nitrogen and oxygen atoms in total. The summed E-state index contributed by atoms with van der Waals surface area (Å²) in [7, 11) is 0. The van der Waals surface area contributed by atoms with Gasteiger partial charge in [0.25, 0.3) is 5.69 Å². The highest BCUT2D eigenvalue weighted by atomic mass is 32.2. The summed E-state index contributed by atoms with van der Waals surface area (Å²) >= 11 is 1.47. The topological polar surface area (TPSA) is 69.4 Å². The summed E-state index contributed by atoms with van der Waals surface area (Å²) in [5.74, 6) is 0.921. The molecule has 2 aromatic rings. The van der Waals surface area contributed by atoms with E-state index in [1.807, 2.05) is 25.1 Å². The highest BCUT2D eigenvalue weighted by Gasteiger charge is 2.12. The molecule has 0 unspecified atom stereocenters. The summed E-state index contributed by atoms with van der Waals surface area (Å²) in [6.45, 7) is 3.64. The third kappa shape index (κ3) is 5.10. The van der Waals surface area contributed by atoms with Crippen LogP contribution in [-0.2, 0) is 10.5 Å². The molecule has 0 spiro atoms. The largest absolute Gasteiger partial charge is 0.426 e. The summed E-state index contributed by atoms with van der Waals surface area (Å²) in [5, 5.41) is 10.7. The molecule has 0 heterocycles. The summed E-state index contributed by atoms with van der Waals surface area (Å²) in [4.78, 5) is 22.1. The van der Waals surface area contributed by atoms with Crippen molar-refractivity contribution in [3.8, 4) is 5.75 Å². The number of esters is 1. The van der Waals surface area contributed by atoms with Crippen LogP contribution in [0.5, 0.6) is 5.75 Å². The maximum atomic E-state index is 11.8. The van der Waals surface area contributed by atoms with Gasteiger partial charge in [-0.1, -0.05) is 29.8 Å². The molecule has 0 amide bonds. The average molecular weight is 331 g/mol. The van der Waals surface area contributed by atoms with Crippen LogP contribution < -0.4 is 4.74 Å². The molecule has 0 bridgehead atoms. The number of nitrogens with zero attached hydrogens (tertiary/aromatic N) is 1. The van der Waals surface area contributed by atoms with Crippen LogP contribution in [-0.4, -0.2) is 16.6 Å². The summed E-state index contributed by atoms with van der Waals surface area (Å²) in [6, 6.07) is 12.4. The van der Waals surface area contributed by atoms with Gasteiger partial charge in [-0.2, -0.15) is 0 Å². The summed E-state index contributed by atoms with van der Waals surface area (Å²) in [6.07, 6.45) is 0. The van der Waals surface area contributed by atoms with Gasteiger partial charge in [-0.15, -0.1) is 11.8 Å². The molecule has 0 N–H and O–H groups in total. The lowest BCUT2D eigenvalue weighted by Crippen LogP contribution is -2.11. The number of ether oxygens (including phenoxy) is 1. The van der Waals surface area contributed by atoms with E-state index in [0.717, 1.165) is 11.3 Å². The van der Waals surface area contributed by atoms with Crippen molar-refractivity contribution in [2.45, 2.75) is 19.6 Å². The Morgan fingerprint density at radius 3 is 2.65 bits per heavy atom. The van der Waals surface area contributed by atoms with Crippen molar-refractivity contribution in [1.82, 2.24) is 0 Å². The lowest BCUT2D eigenvalue weighted by molar-refractivity contribution is -0.385. The molecule has 2 aromatic carbocycles. The van der Waals surface area contributed by atoms with Crippen LogP contribution in [0.4, 0.5) is 5.69 Å². The molecule has 0 saturated heterocycles. The Labute approximate surface area is 138 Å². The smallest absolute Gasteiger partial charge is 0.321 e. The van der Waals surface area contributed by atoms with E-state index in [4.69, 9.17) is 4.74 Å². The van der Waals surface area contributed by atoms with Gasteiger partial charge in [0.05, 0.1) is 10.7 Å². The van der Waals surface area contributed by atoms with Gasteiger partial charge < -0.3 is 4.74 Å². The summed E-state index contributed by atoms with van der Waals surface area (Å²) in [5.41, 5.74) is 2.83. The number of hydrogen-bond acceptors (Lipinski definition) is 5. The van der Waals surface area contributed by atoms with Gasteiger partial charge in [-0.25, -0.2) is 0 Å². The molecule has 0 aliphatic carbocycles. The molecule has 0 aromatic heterocycles. The predicted octanol–water partition coefficient (Wildman–Crippen LogP) is 4.05. The van der Waals surface area contributed by atoms with Crippen LogP contribution in [0.1, 0.15) is 16.7 Å². The van der Waals surface area contributed by atoms with Crippen molar-refractivity contribution < 1.29 is 14.5 Å². The number of carbonyl (C=O) groups is 1. The van der Waals surface area contributed by atoms with E-state index in [-0.39, 0.29) is 17.4 Å². The maximum Gasteiger partial charge on any atom is 0.321 e. The molecule has 0 atom stereocenters. The zero-order valence-corrected chi connectivity index (χ0v) is 13.8. The lowest BCUT2D eigenvalue weighted by atomic mass is 10.2. The number of benzene rings is 2. The maximum absolute atomic E-state index is 11.8. The van der Waals surface area contributed by atoms with E-state index >= 15 is 0 Å². The molecule has 0 saturated carbocycles. The van der Waals surface area contributed by atoms with Crippen LogP contribution in [0.2, 0.25) is 0 Å². The minimum Gasteiger partial charge on any atom is -0.426 e. The molecule has 0 aliphatic heterocycles. The Bertz CT molecular complexity index is 730. The molecular formula is C17H17NO4S. The van der Waals surface area contributed by atoms with Gasteiger partial charge in [0, 0.05) is 17.4 Å². The Hall–Kier alpha value is -2.34. The lowest BCUT2D eigenvalue weighted by Gasteiger charge is -2.06. The van der Waals surface area contributed by atoms with Crippen molar-refractivity contribution in [1.29, 1.82) is 0 Å². The van der Waals surface area contributed by atoms with Crippen LogP contribution in [0.25, 0.3) is 0 Å². The van der Waals surface area contributed by atoms with Crippen LogP contribution in [0.3, 0.4) is 0 Å². The highest BCUT2D eigenvalue weighted by Crippen LogP contribution is 2.23. The van der Waals surface area contributed by atoms with E-state index in [2.05, 4.69) is 6.07 Å². The number of aryl methyl sites for hydroxylation is 2. The van der Waals surface area contributed by atoms with E-state index in [0.29, 0.717) is 11.3 Å². The first-order valence-electron chi connectivity index (χ1n) is 7.04. The molecule has 0 radical (unpaired) electrons. The summed E-state index contributed by atoms with van der Waals surface area (Å²) < 4.78 is 5.21. The SMILES string of the molecule is Cc1cccc(CSCC(=O)Oc2ccc([N+](=O)[O-])c(C)c2)c1. The predicted molar refractivity (Wildman–Crippen MR) is 90.8 cm³/mol. The third-order valence-electron chi connectivity index (χ3n) is 3.17. The van der Waals surface area contributed by atoms with Crippen LogP contribution in [0, 0.1) is 24.0 Å². The molecule has 2 rings (SSSR count). The number of carbonyl (C=O) groups excluding carboxylic acids is 1. The van der Waals surface area contributed by atoms with Gasteiger partial charge in [0.2, 0.25) is 0 Å². The third-order valence-corrected chi connectivity index (χ3v) is 4.15. The fraction of sp³-hybridized carbons (Fsp3) is 0.235. The second-order valence-corrected chi connectivity index (χ2v) is 6.15. The van der Waals surface area contributed by atoms with E-state index in [1.54, 1.807) is 6.92 Å². The standard InChI is InChI=1S/C17H17NO4S/c1-12-4-3-5-14(8-12)10-23-11-17(19)22-15-6-7-16(18(20)21)13(2)9-15/h3-9H,10-11H2,1-2H3. The van der Waals surface area contributed by atoms with Crippen molar-refractivity contribution in [2.75, 3.05) is 5.75 Å². The first-order chi connectivity index (χ1) is 11.0. The quantitative estimate of drug-likeness (QED) is 0.346. The van der Waals surface area contributed by atoms with Gasteiger partial charge in [-0.05, 0) is 31.5 Å². The number of nitro benzene ring substituents is 1. The first kappa shape index (κ1) is 17.0. The molecule has 23 heavy (non-hydrogen) atoms. The van der Waals surface area contributed by atoms with Crippen molar-refractivity contribution >= 4 is 23.4 Å². The zero-order valence-electron chi connectivity index (χ0n) is 12.9. The Morgan fingerprint density at radius 2 is 2.00 bits per heavy atom. The van der Waals surface area contributed by atoms with Gasteiger partial charge >= 0.3 is 5.97 Å². The number of nitro groups is 1. The highest BCUT2D eigenvalue weighted by molar-refractivity contribution is 7.99. The fourth-order valence-electron chi connectivity index (χ4n) is 2.11. The van der Waals surface area contributed by atoms with Gasteiger partial charge in [0.15, 0.2) is 0 Å². The van der Waals surface area contributed by atoms with Crippen molar-refractivity contribution in [3.05, 3.63) is 69.3 Å². The molecular weight excluding hydrogens is 314 g/mol. The molecule has 6 heteroatoms. The average Bonchev–Trinajstić information content (AvgIpc) is 2.47. The minimum absolute atomic E-state index is 0.0126. The Morgan fingerprint density at radius 1 is 1.22 bits per heavy atom.